The Bertz CT molecular complexity index is 552. The maximum Gasteiger partial charge on any atom is 0.0897 e. The number of aryl methyl sites for hydroxylation is 2. The molecule has 5 nitrogen and oxygen atoms in total. The van der Waals surface area contributed by atoms with Gasteiger partial charge in [0.2, 0.25) is 0 Å². The zero-order valence-corrected chi connectivity index (χ0v) is 12.7. The molecule has 2 aromatic rings. The number of halogens is 1. The van der Waals surface area contributed by atoms with Crippen LogP contribution in [0.15, 0.2) is 28.9 Å². The molecule has 0 amide bonds. The second kappa shape index (κ2) is 6.27. The third-order valence-corrected chi connectivity index (χ3v) is 3.59. The summed E-state index contributed by atoms with van der Waals surface area (Å²) in [5.74, 6) is 5.75. The molecule has 102 valence electrons. The molecule has 6 heteroatoms. The van der Waals surface area contributed by atoms with Gasteiger partial charge in [-0.15, -0.1) is 5.10 Å². The summed E-state index contributed by atoms with van der Waals surface area (Å²) in [5, 5.41) is 8.10. The molecule has 0 spiro atoms. The molecule has 0 aliphatic rings. The molecule has 0 saturated heterocycles. The van der Waals surface area contributed by atoms with Crippen LogP contribution in [0.2, 0.25) is 0 Å². The number of nitrogens with two attached hydrogens (primary N) is 1. The summed E-state index contributed by atoms with van der Waals surface area (Å²) >= 11 is 3.50. The van der Waals surface area contributed by atoms with Crippen LogP contribution in [0, 0.1) is 6.92 Å². The number of aromatic nitrogens is 3. The van der Waals surface area contributed by atoms with E-state index in [1.54, 1.807) is 6.20 Å². The molecule has 1 aromatic carbocycles. The molecule has 0 fully saturated rings. The van der Waals surface area contributed by atoms with Crippen LogP contribution in [0.5, 0.6) is 0 Å². The molecule has 1 aromatic heterocycles. The summed E-state index contributed by atoms with van der Waals surface area (Å²) in [6.07, 6.45) is 2.77. The first-order chi connectivity index (χ1) is 9.17. The van der Waals surface area contributed by atoms with E-state index in [1.807, 2.05) is 10.7 Å². The van der Waals surface area contributed by atoms with Gasteiger partial charge in [0, 0.05) is 11.0 Å². The minimum absolute atomic E-state index is 0.112. The van der Waals surface area contributed by atoms with Crippen molar-refractivity contribution in [2.75, 3.05) is 0 Å². The van der Waals surface area contributed by atoms with Gasteiger partial charge in [0.15, 0.2) is 0 Å². The molecule has 1 heterocycles. The van der Waals surface area contributed by atoms with Crippen LogP contribution in [0.3, 0.4) is 0 Å². The Labute approximate surface area is 121 Å². The number of hydrazine groups is 1. The minimum Gasteiger partial charge on any atom is -0.271 e. The van der Waals surface area contributed by atoms with Gasteiger partial charge >= 0.3 is 0 Å². The van der Waals surface area contributed by atoms with E-state index in [0.29, 0.717) is 0 Å². The average molecular weight is 324 g/mol. The van der Waals surface area contributed by atoms with Crippen molar-refractivity contribution in [2.45, 2.75) is 32.9 Å². The molecule has 0 aliphatic carbocycles. The largest absolute Gasteiger partial charge is 0.271 e. The van der Waals surface area contributed by atoms with E-state index < -0.39 is 0 Å². The predicted octanol–water partition coefficient (Wildman–Crippen LogP) is 2.31. The summed E-state index contributed by atoms with van der Waals surface area (Å²) in [6.45, 7) is 5.02. The first-order valence-corrected chi connectivity index (χ1v) is 7.07. The van der Waals surface area contributed by atoms with Crippen LogP contribution in [-0.2, 0) is 6.54 Å². The standard InChI is InChI=1S/C13H18BrN5/c1-3-6-19-12(8-16-18-19)13(17-15)11-7-10(14)5-4-9(11)2/h4-5,7-8,13,17H,3,6,15H2,1-2H3. The van der Waals surface area contributed by atoms with Gasteiger partial charge in [0.05, 0.1) is 17.9 Å². The van der Waals surface area contributed by atoms with Gasteiger partial charge in [-0.25, -0.2) is 10.1 Å². The summed E-state index contributed by atoms with van der Waals surface area (Å²) in [6, 6.07) is 6.05. The van der Waals surface area contributed by atoms with Crippen LogP contribution in [-0.4, -0.2) is 15.0 Å². The van der Waals surface area contributed by atoms with Crippen LogP contribution < -0.4 is 11.3 Å². The number of hydrogen-bond donors (Lipinski definition) is 2. The van der Waals surface area contributed by atoms with Crippen molar-refractivity contribution in [3.8, 4) is 0 Å². The first kappa shape index (κ1) is 14.2. The summed E-state index contributed by atoms with van der Waals surface area (Å²) in [7, 11) is 0. The smallest absolute Gasteiger partial charge is 0.0897 e. The average Bonchev–Trinajstić information content (AvgIpc) is 2.83. The van der Waals surface area contributed by atoms with Crippen LogP contribution in [0.1, 0.15) is 36.2 Å². The fourth-order valence-electron chi connectivity index (χ4n) is 2.13. The molecule has 0 aliphatic heterocycles. The van der Waals surface area contributed by atoms with Crippen molar-refractivity contribution >= 4 is 15.9 Å². The van der Waals surface area contributed by atoms with E-state index in [-0.39, 0.29) is 6.04 Å². The molecule has 1 atom stereocenters. The monoisotopic (exact) mass is 323 g/mol. The Kier molecular flexibility index (Phi) is 4.68. The molecule has 19 heavy (non-hydrogen) atoms. The van der Waals surface area contributed by atoms with E-state index in [1.165, 1.54) is 5.56 Å². The number of rotatable bonds is 5. The maximum absolute atomic E-state index is 5.75. The van der Waals surface area contributed by atoms with E-state index >= 15 is 0 Å². The highest BCUT2D eigenvalue weighted by Crippen LogP contribution is 2.26. The summed E-state index contributed by atoms with van der Waals surface area (Å²) < 4.78 is 2.92. The Hall–Kier alpha value is -1.24. The van der Waals surface area contributed by atoms with Crippen molar-refractivity contribution in [1.29, 1.82) is 0 Å². The maximum atomic E-state index is 5.75. The highest BCUT2D eigenvalue weighted by molar-refractivity contribution is 9.10. The van der Waals surface area contributed by atoms with E-state index in [4.69, 9.17) is 5.84 Å². The summed E-state index contributed by atoms with van der Waals surface area (Å²) in [5.41, 5.74) is 6.14. The van der Waals surface area contributed by atoms with Crippen LogP contribution in [0.4, 0.5) is 0 Å². The molecule has 0 saturated carbocycles. The highest BCUT2D eigenvalue weighted by atomic mass is 79.9. The second-order valence-corrected chi connectivity index (χ2v) is 5.40. The lowest BCUT2D eigenvalue weighted by Crippen LogP contribution is -2.31. The van der Waals surface area contributed by atoms with Gasteiger partial charge in [-0.2, -0.15) is 0 Å². The van der Waals surface area contributed by atoms with Gasteiger partial charge < -0.3 is 0 Å². The molecule has 0 radical (unpaired) electrons. The molecule has 3 N–H and O–H groups in total. The number of nitrogens with one attached hydrogen (secondary N) is 1. The Morgan fingerprint density at radius 3 is 2.95 bits per heavy atom. The van der Waals surface area contributed by atoms with Crippen molar-refractivity contribution in [2.24, 2.45) is 5.84 Å². The zero-order chi connectivity index (χ0) is 13.8. The second-order valence-electron chi connectivity index (χ2n) is 4.48. The Morgan fingerprint density at radius 1 is 1.47 bits per heavy atom. The van der Waals surface area contributed by atoms with Gasteiger partial charge in [-0.3, -0.25) is 5.84 Å². The lowest BCUT2D eigenvalue weighted by Gasteiger charge is -2.19. The molecular formula is C13H18BrN5. The van der Waals surface area contributed by atoms with E-state index in [0.717, 1.165) is 28.7 Å². The lowest BCUT2D eigenvalue weighted by molar-refractivity contribution is 0.511. The first-order valence-electron chi connectivity index (χ1n) is 6.28. The zero-order valence-electron chi connectivity index (χ0n) is 11.1. The molecular weight excluding hydrogens is 306 g/mol. The van der Waals surface area contributed by atoms with Gasteiger partial charge in [0.25, 0.3) is 0 Å². The van der Waals surface area contributed by atoms with Crippen molar-refractivity contribution < 1.29 is 0 Å². The van der Waals surface area contributed by atoms with E-state index in [2.05, 4.69) is 57.6 Å². The fourth-order valence-corrected chi connectivity index (χ4v) is 2.51. The molecule has 2 rings (SSSR count). The number of nitrogens with zero attached hydrogens (tertiary/aromatic N) is 3. The Balaban J connectivity index is 2.44. The number of hydrogen-bond acceptors (Lipinski definition) is 4. The van der Waals surface area contributed by atoms with Crippen LogP contribution >= 0.6 is 15.9 Å². The van der Waals surface area contributed by atoms with Gasteiger partial charge in [-0.05, 0) is 36.6 Å². The highest BCUT2D eigenvalue weighted by Gasteiger charge is 2.19. The SMILES string of the molecule is CCCn1nncc1C(NN)c1cc(Br)ccc1C. The number of benzene rings is 1. The predicted molar refractivity (Wildman–Crippen MR) is 78.4 cm³/mol. The third-order valence-electron chi connectivity index (χ3n) is 3.10. The normalized spacial score (nSPS) is 12.6. The Morgan fingerprint density at radius 2 is 2.26 bits per heavy atom. The fraction of sp³-hybridized carbons (Fsp3) is 0.385. The topological polar surface area (TPSA) is 68.8 Å². The van der Waals surface area contributed by atoms with Crippen molar-refractivity contribution in [1.82, 2.24) is 20.4 Å². The van der Waals surface area contributed by atoms with Gasteiger partial charge in [0.1, 0.15) is 0 Å². The quantitative estimate of drug-likeness (QED) is 0.654. The van der Waals surface area contributed by atoms with Crippen LogP contribution in [0.25, 0.3) is 0 Å². The molecule has 0 bridgehead atoms. The minimum atomic E-state index is -0.112. The van der Waals surface area contributed by atoms with Crippen molar-refractivity contribution in [3.63, 3.8) is 0 Å². The molecule has 1 unspecified atom stereocenters. The van der Waals surface area contributed by atoms with Crippen molar-refractivity contribution in [3.05, 3.63) is 45.7 Å². The van der Waals surface area contributed by atoms with E-state index in [9.17, 15) is 0 Å². The lowest BCUT2D eigenvalue weighted by atomic mass is 9.99. The third kappa shape index (κ3) is 3.02. The summed E-state index contributed by atoms with van der Waals surface area (Å²) in [4.78, 5) is 0. The van der Waals surface area contributed by atoms with Gasteiger partial charge in [-0.1, -0.05) is 34.1 Å².